The van der Waals surface area contributed by atoms with Gasteiger partial charge in [-0.3, -0.25) is 14.4 Å². The zero-order valence-corrected chi connectivity index (χ0v) is 18.1. The summed E-state index contributed by atoms with van der Waals surface area (Å²) in [6.45, 7) is 7.72. The zero-order valence-electron chi connectivity index (χ0n) is 18.1. The van der Waals surface area contributed by atoms with Crippen molar-refractivity contribution >= 4 is 17.9 Å². The van der Waals surface area contributed by atoms with Gasteiger partial charge in [0.15, 0.2) is 0 Å². The van der Waals surface area contributed by atoms with E-state index in [0.717, 1.165) is 38.5 Å². The second-order valence-corrected chi connectivity index (χ2v) is 10.5. The molecular formula is C23H34O6. The molecule has 3 saturated carbocycles. The lowest BCUT2D eigenvalue weighted by Gasteiger charge is -2.38. The van der Waals surface area contributed by atoms with E-state index in [0.29, 0.717) is 0 Å². The first-order chi connectivity index (χ1) is 13.7. The summed E-state index contributed by atoms with van der Waals surface area (Å²) in [5.41, 5.74) is -0.966. The molecule has 0 aromatic rings. The second kappa shape index (κ2) is 7.28. The van der Waals surface area contributed by atoms with E-state index in [4.69, 9.17) is 14.2 Å². The molecule has 2 bridgehead atoms. The van der Waals surface area contributed by atoms with Gasteiger partial charge in [-0.25, -0.2) is 0 Å². The molecule has 0 spiro atoms. The number of rotatable bonds is 5. The number of esters is 3. The maximum atomic E-state index is 13.3. The molecule has 4 rings (SSSR count). The first-order valence-corrected chi connectivity index (χ1v) is 11.3. The number of ether oxygens (including phenoxy) is 3. The Morgan fingerprint density at radius 1 is 1.14 bits per heavy atom. The molecule has 1 aliphatic heterocycles. The first kappa shape index (κ1) is 20.7. The third-order valence-corrected chi connectivity index (χ3v) is 7.79. The van der Waals surface area contributed by atoms with Gasteiger partial charge in [-0.05, 0) is 65.2 Å². The van der Waals surface area contributed by atoms with E-state index in [1.54, 1.807) is 0 Å². The lowest BCUT2D eigenvalue weighted by Crippen LogP contribution is -2.45. The van der Waals surface area contributed by atoms with Crippen LogP contribution in [0.1, 0.15) is 72.6 Å². The number of hydrogen-bond donors (Lipinski definition) is 0. The van der Waals surface area contributed by atoms with E-state index < -0.39 is 11.3 Å². The number of carbonyl (C=O) groups excluding carboxylic acids is 3. The van der Waals surface area contributed by atoms with Crippen molar-refractivity contribution in [3.8, 4) is 0 Å². The highest BCUT2D eigenvalue weighted by Crippen LogP contribution is 2.61. The van der Waals surface area contributed by atoms with Crippen LogP contribution in [0.3, 0.4) is 0 Å². The quantitative estimate of drug-likeness (QED) is 0.512. The molecule has 0 N–H and O–H groups in total. The van der Waals surface area contributed by atoms with E-state index in [1.807, 2.05) is 20.8 Å². The average molecular weight is 407 g/mol. The topological polar surface area (TPSA) is 78.9 Å². The summed E-state index contributed by atoms with van der Waals surface area (Å²) in [6, 6.07) is 0. The SMILES string of the molecule is CCC1(OC(=O)C2C3CC4C(OC(=O)C42)C3COC(=O)C(C)(C)C)CCCCC1. The lowest BCUT2D eigenvalue weighted by molar-refractivity contribution is -0.175. The van der Waals surface area contributed by atoms with E-state index in [-0.39, 0.29) is 59.9 Å². The molecule has 6 atom stereocenters. The van der Waals surface area contributed by atoms with E-state index in [9.17, 15) is 14.4 Å². The molecule has 162 valence electrons. The minimum absolute atomic E-state index is 0.0146. The fraction of sp³-hybridized carbons (Fsp3) is 0.870. The largest absolute Gasteiger partial charge is 0.465 e. The van der Waals surface area contributed by atoms with Gasteiger partial charge in [0.2, 0.25) is 0 Å². The van der Waals surface area contributed by atoms with Gasteiger partial charge in [0.05, 0.1) is 23.9 Å². The van der Waals surface area contributed by atoms with Crippen LogP contribution in [0.5, 0.6) is 0 Å². The van der Waals surface area contributed by atoms with E-state index >= 15 is 0 Å². The highest BCUT2D eigenvalue weighted by atomic mass is 16.6. The van der Waals surface area contributed by atoms with E-state index in [2.05, 4.69) is 6.92 Å². The molecule has 1 heterocycles. The Bertz CT molecular complexity index is 686. The van der Waals surface area contributed by atoms with Gasteiger partial charge in [0.1, 0.15) is 11.7 Å². The Labute approximate surface area is 173 Å². The third-order valence-electron chi connectivity index (χ3n) is 7.79. The predicted octanol–water partition coefficient (Wildman–Crippen LogP) is 3.66. The summed E-state index contributed by atoms with van der Waals surface area (Å²) < 4.78 is 17.4. The van der Waals surface area contributed by atoms with Crippen LogP contribution in [-0.4, -0.2) is 36.2 Å². The Kier molecular flexibility index (Phi) is 5.19. The van der Waals surface area contributed by atoms with Gasteiger partial charge in [0.25, 0.3) is 0 Å². The summed E-state index contributed by atoms with van der Waals surface area (Å²) in [4.78, 5) is 38.1. The highest BCUT2D eigenvalue weighted by molar-refractivity contribution is 5.86. The molecule has 3 aliphatic carbocycles. The van der Waals surface area contributed by atoms with Crippen molar-refractivity contribution in [3.05, 3.63) is 0 Å². The lowest BCUT2D eigenvalue weighted by atomic mass is 9.74. The van der Waals surface area contributed by atoms with Crippen LogP contribution < -0.4 is 0 Å². The summed E-state index contributed by atoms with van der Waals surface area (Å²) >= 11 is 0. The second-order valence-electron chi connectivity index (χ2n) is 10.5. The monoisotopic (exact) mass is 406 g/mol. The molecule has 29 heavy (non-hydrogen) atoms. The van der Waals surface area contributed by atoms with Gasteiger partial charge in [0, 0.05) is 11.8 Å². The number of fused-ring (bicyclic) bond motifs is 1. The minimum atomic E-state index is -0.584. The van der Waals surface area contributed by atoms with Crippen molar-refractivity contribution in [2.75, 3.05) is 6.61 Å². The smallest absolute Gasteiger partial charge is 0.311 e. The molecule has 0 amide bonds. The van der Waals surface area contributed by atoms with Crippen LogP contribution in [-0.2, 0) is 28.6 Å². The van der Waals surface area contributed by atoms with Crippen molar-refractivity contribution in [3.63, 3.8) is 0 Å². The van der Waals surface area contributed by atoms with Gasteiger partial charge < -0.3 is 14.2 Å². The van der Waals surface area contributed by atoms with Gasteiger partial charge in [-0.15, -0.1) is 0 Å². The van der Waals surface area contributed by atoms with Crippen molar-refractivity contribution in [1.82, 2.24) is 0 Å². The predicted molar refractivity (Wildman–Crippen MR) is 105 cm³/mol. The van der Waals surface area contributed by atoms with Crippen LogP contribution in [0.25, 0.3) is 0 Å². The third kappa shape index (κ3) is 3.46. The summed E-state index contributed by atoms with van der Waals surface area (Å²) in [6.07, 6.45) is 6.51. The molecule has 4 fully saturated rings. The molecular weight excluding hydrogens is 372 g/mol. The first-order valence-electron chi connectivity index (χ1n) is 11.3. The molecule has 0 radical (unpaired) electrons. The van der Waals surface area contributed by atoms with Crippen molar-refractivity contribution < 1.29 is 28.6 Å². The van der Waals surface area contributed by atoms with Crippen LogP contribution in [0.2, 0.25) is 0 Å². The number of carbonyl (C=O) groups is 3. The van der Waals surface area contributed by atoms with Crippen LogP contribution >= 0.6 is 0 Å². The van der Waals surface area contributed by atoms with Crippen molar-refractivity contribution in [1.29, 1.82) is 0 Å². The minimum Gasteiger partial charge on any atom is -0.465 e. The van der Waals surface area contributed by atoms with Crippen molar-refractivity contribution in [2.45, 2.75) is 84.3 Å². The Hall–Kier alpha value is -1.59. The van der Waals surface area contributed by atoms with Crippen LogP contribution in [0.4, 0.5) is 0 Å². The maximum absolute atomic E-state index is 13.3. The fourth-order valence-corrected chi connectivity index (χ4v) is 6.12. The van der Waals surface area contributed by atoms with Gasteiger partial charge in [-0.1, -0.05) is 13.3 Å². The average Bonchev–Trinajstić information content (AvgIpc) is 3.28. The molecule has 0 aromatic carbocycles. The standard InChI is InChI=1S/C23H34O6/c1-5-23(9-7-6-8-10-23)29-20(25)16-13-11-14-17(16)19(24)28-18(14)15(13)12-27-21(26)22(2,3)4/h13-18H,5-12H2,1-4H3. The van der Waals surface area contributed by atoms with Crippen molar-refractivity contribution in [2.24, 2.45) is 35.0 Å². The Morgan fingerprint density at radius 2 is 1.83 bits per heavy atom. The Morgan fingerprint density at radius 3 is 2.45 bits per heavy atom. The molecule has 6 unspecified atom stereocenters. The summed E-state index contributed by atoms with van der Waals surface area (Å²) in [5, 5.41) is 0. The fourth-order valence-electron chi connectivity index (χ4n) is 6.12. The Balaban J connectivity index is 1.49. The number of hydrogen-bond acceptors (Lipinski definition) is 6. The molecule has 1 saturated heterocycles. The molecule has 0 aromatic heterocycles. The summed E-state index contributed by atoms with van der Waals surface area (Å²) in [7, 11) is 0. The highest BCUT2D eigenvalue weighted by Gasteiger charge is 2.69. The van der Waals surface area contributed by atoms with E-state index in [1.165, 1.54) is 6.42 Å². The zero-order chi connectivity index (χ0) is 21.0. The molecule has 6 heteroatoms. The van der Waals surface area contributed by atoms with Gasteiger partial charge >= 0.3 is 17.9 Å². The molecule has 6 nitrogen and oxygen atoms in total. The molecule has 4 aliphatic rings. The van der Waals surface area contributed by atoms with Crippen LogP contribution in [0.15, 0.2) is 0 Å². The maximum Gasteiger partial charge on any atom is 0.311 e. The van der Waals surface area contributed by atoms with Gasteiger partial charge in [-0.2, -0.15) is 0 Å². The normalized spacial score (nSPS) is 37.3. The van der Waals surface area contributed by atoms with Crippen LogP contribution in [0, 0.1) is 35.0 Å². The summed E-state index contributed by atoms with van der Waals surface area (Å²) in [5.74, 6) is -1.71.